The van der Waals surface area contributed by atoms with Crippen LogP contribution in [0.3, 0.4) is 0 Å². The van der Waals surface area contributed by atoms with Gasteiger partial charge in [-0.3, -0.25) is 0 Å². The zero-order valence-corrected chi connectivity index (χ0v) is 36.5. The van der Waals surface area contributed by atoms with Crippen molar-refractivity contribution < 1.29 is 46.0 Å². The Morgan fingerprint density at radius 2 is 0.741 bits per heavy atom. The molecule has 0 unspecified atom stereocenters. The van der Waals surface area contributed by atoms with Gasteiger partial charge in [-0.15, -0.1) is 0 Å². The SMILES string of the molecule is C/C(=C\CO)CC/C=C(\C)CC[C@H](O)[C@](C)(O)CCC[C@](C)(O)CCC[C@](C)(O)CCC[C@](C)(O)CCC[C@](C)(O)CCC[C@](C)(O)CCCC(C)(C)O. The van der Waals surface area contributed by atoms with Crippen LogP contribution in [-0.2, 0) is 0 Å². The van der Waals surface area contributed by atoms with Gasteiger partial charge >= 0.3 is 0 Å². The Bertz CT molecular complexity index is 1060. The predicted octanol–water partition coefficient (Wildman–Crippen LogP) is 8.09. The molecule has 0 aromatic heterocycles. The molecule has 0 heterocycles. The number of rotatable bonds is 32. The third-order valence-electron chi connectivity index (χ3n) is 11.6. The molecule has 0 aromatic carbocycles. The van der Waals surface area contributed by atoms with Crippen LogP contribution in [0.4, 0.5) is 0 Å². The number of aliphatic hydroxyl groups is 9. The van der Waals surface area contributed by atoms with Gasteiger partial charge < -0.3 is 46.0 Å². The molecule has 0 aliphatic rings. The molecule has 322 valence electrons. The van der Waals surface area contributed by atoms with E-state index >= 15 is 0 Å². The summed E-state index contributed by atoms with van der Waals surface area (Å²) in [4.78, 5) is 0. The summed E-state index contributed by atoms with van der Waals surface area (Å²) in [7, 11) is 0. The number of aliphatic hydroxyl groups excluding tert-OH is 2. The molecule has 0 bridgehead atoms. The molecule has 0 rings (SSSR count). The van der Waals surface area contributed by atoms with Crippen molar-refractivity contribution in [2.45, 2.75) is 256 Å². The van der Waals surface area contributed by atoms with Gasteiger partial charge in [0.2, 0.25) is 0 Å². The quantitative estimate of drug-likeness (QED) is 0.0305. The third kappa shape index (κ3) is 28.5. The largest absolute Gasteiger partial charge is 0.392 e. The monoisotopic (exact) mass is 773 g/mol. The molecule has 0 amide bonds. The van der Waals surface area contributed by atoms with E-state index in [1.54, 1.807) is 27.7 Å². The number of hydrogen-bond donors (Lipinski definition) is 9. The smallest absolute Gasteiger partial charge is 0.0877 e. The first kappa shape index (κ1) is 53.1. The first-order valence-electron chi connectivity index (χ1n) is 21.2. The summed E-state index contributed by atoms with van der Waals surface area (Å²) in [6.07, 6.45) is 16.5. The Balaban J connectivity index is 4.45. The van der Waals surface area contributed by atoms with E-state index in [-0.39, 0.29) is 6.61 Å². The summed E-state index contributed by atoms with van der Waals surface area (Å²) in [5, 5.41) is 95.2. The van der Waals surface area contributed by atoms with E-state index in [1.807, 2.05) is 47.6 Å². The molecule has 0 aliphatic carbocycles. The highest BCUT2D eigenvalue weighted by Crippen LogP contribution is 2.32. The van der Waals surface area contributed by atoms with Crippen molar-refractivity contribution >= 4 is 0 Å². The van der Waals surface area contributed by atoms with Gasteiger partial charge in [0, 0.05) is 0 Å². The Morgan fingerprint density at radius 1 is 0.444 bits per heavy atom. The zero-order chi connectivity index (χ0) is 41.9. The van der Waals surface area contributed by atoms with Crippen molar-refractivity contribution in [3.63, 3.8) is 0 Å². The van der Waals surface area contributed by atoms with Crippen LogP contribution < -0.4 is 0 Å². The van der Waals surface area contributed by atoms with E-state index < -0.39 is 45.3 Å². The minimum Gasteiger partial charge on any atom is -0.392 e. The fraction of sp³-hybridized carbons (Fsp3) is 0.911. The van der Waals surface area contributed by atoms with Gasteiger partial charge in [-0.1, -0.05) is 23.3 Å². The molecule has 9 N–H and O–H groups in total. The lowest BCUT2D eigenvalue weighted by atomic mass is 9.83. The molecule has 0 spiro atoms. The lowest BCUT2D eigenvalue weighted by Crippen LogP contribution is -2.39. The second-order valence-electron chi connectivity index (χ2n) is 19.7. The van der Waals surface area contributed by atoms with Crippen molar-refractivity contribution in [1.29, 1.82) is 0 Å². The van der Waals surface area contributed by atoms with Gasteiger partial charge in [-0.25, -0.2) is 0 Å². The van der Waals surface area contributed by atoms with Gasteiger partial charge in [0.1, 0.15) is 0 Å². The van der Waals surface area contributed by atoms with Crippen molar-refractivity contribution in [3.05, 3.63) is 23.3 Å². The minimum atomic E-state index is -1.25. The molecule has 0 aromatic rings. The van der Waals surface area contributed by atoms with Gasteiger partial charge in [-0.05, 0) is 210 Å². The topological polar surface area (TPSA) is 182 Å². The van der Waals surface area contributed by atoms with Crippen LogP contribution in [0, 0.1) is 0 Å². The highest BCUT2D eigenvalue weighted by molar-refractivity contribution is 5.04. The lowest BCUT2D eigenvalue weighted by molar-refractivity contribution is -0.0746. The van der Waals surface area contributed by atoms with E-state index in [0.717, 1.165) is 24.8 Å². The fourth-order valence-electron chi connectivity index (χ4n) is 7.50. The van der Waals surface area contributed by atoms with Crippen LogP contribution in [0.1, 0.15) is 210 Å². The first-order valence-corrected chi connectivity index (χ1v) is 21.2. The van der Waals surface area contributed by atoms with Gasteiger partial charge in [0.05, 0.1) is 51.9 Å². The lowest BCUT2D eigenvalue weighted by Gasteiger charge is -2.32. The van der Waals surface area contributed by atoms with Crippen LogP contribution in [0.5, 0.6) is 0 Å². The van der Waals surface area contributed by atoms with E-state index in [1.165, 1.54) is 5.57 Å². The van der Waals surface area contributed by atoms with Crippen LogP contribution >= 0.6 is 0 Å². The zero-order valence-electron chi connectivity index (χ0n) is 36.5. The highest BCUT2D eigenvalue weighted by atomic mass is 16.3. The second-order valence-corrected chi connectivity index (χ2v) is 19.7. The molecule has 0 aliphatic heterocycles. The van der Waals surface area contributed by atoms with Gasteiger partial charge in [0.15, 0.2) is 0 Å². The van der Waals surface area contributed by atoms with Crippen molar-refractivity contribution in [1.82, 2.24) is 0 Å². The van der Waals surface area contributed by atoms with Crippen molar-refractivity contribution in [3.8, 4) is 0 Å². The maximum Gasteiger partial charge on any atom is 0.0877 e. The molecule has 0 saturated carbocycles. The van der Waals surface area contributed by atoms with E-state index in [4.69, 9.17) is 5.11 Å². The van der Waals surface area contributed by atoms with Crippen molar-refractivity contribution in [2.75, 3.05) is 6.61 Å². The molecular formula is C45H88O9. The maximum absolute atomic E-state index is 11.0. The average Bonchev–Trinajstić information content (AvgIpc) is 2.98. The summed E-state index contributed by atoms with van der Waals surface area (Å²) < 4.78 is 0. The number of hydrogen-bond acceptors (Lipinski definition) is 9. The fourth-order valence-corrected chi connectivity index (χ4v) is 7.50. The Kier molecular flexibility index (Phi) is 23.7. The van der Waals surface area contributed by atoms with Gasteiger partial charge in [-0.2, -0.15) is 0 Å². The molecule has 9 nitrogen and oxygen atoms in total. The summed E-state index contributed by atoms with van der Waals surface area (Å²) in [6, 6.07) is 0. The van der Waals surface area contributed by atoms with Crippen molar-refractivity contribution in [2.24, 2.45) is 0 Å². The molecule has 7 atom stereocenters. The molecule has 54 heavy (non-hydrogen) atoms. The van der Waals surface area contributed by atoms with Gasteiger partial charge in [0.25, 0.3) is 0 Å². The van der Waals surface area contributed by atoms with Crippen LogP contribution in [0.25, 0.3) is 0 Å². The Labute approximate surface area is 331 Å². The minimum absolute atomic E-state index is 0.0538. The second kappa shape index (κ2) is 24.1. The Hall–Kier alpha value is -0.880. The molecule has 0 radical (unpaired) electrons. The van der Waals surface area contributed by atoms with Crippen LogP contribution in [-0.4, -0.2) is 97.9 Å². The first-order chi connectivity index (χ1) is 24.5. The predicted molar refractivity (Wildman–Crippen MR) is 222 cm³/mol. The van der Waals surface area contributed by atoms with E-state index in [0.29, 0.717) is 122 Å². The van der Waals surface area contributed by atoms with Crippen LogP contribution in [0.15, 0.2) is 23.3 Å². The highest BCUT2D eigenvalue weighted by Gasteiger charge is 2.32. The third-order valence-corrected chi connectivity index (χ3v) is 11.6. The summed E-state index contributed by atoms with van der Waals surface area (Å²) in [6.45, 7) is 18.3. The standard InChI is InChI=1S/C45H88O9/c1-36(18-11-19-37(2)22-35-46)20-21-38(47)45(10,54)34-17-33-44(9,53)32-16-31-43(8,52)30-15-29-42(7,51)28-14-27-41(6,50)26-13-25-40(5,49)24-12-23-39(3,4)48/h18,22,38,46-54H,11-17,19-21,23-35H2,1-10H3/b36-18+,37-22+/t38-,40+,41+,42+,43+,44+,45+/m0/s1. The molecule has 0 fully saturated rings. The average molecular weight is 773 g/mol. The maximum atomic E-state index is 11.0. The summed E-state index contributed by atoms with van der Waals surface area (Å²) >= 11 is 0. The molecule has 0 saturated heterocycles. The Morgan fingerprint density at radius 3 is 1.06 bits per heavy atom. The molecular weight excluding hydrogens is 684 g/mol. The van der Waals surface area contributed by atoms with Crippen LogP contribution in [0.2, 0.25) is 0 Å². The summed E-state index contributed by atoms with van der Waals surface area (Å²) in [5.41, 5.74) is -4.13. The van der Waals surface area contributed by atoms with E-state index in [9.17, 15) is 40.9 Å². The normalized spacial score (nSPS) is 20.6. The summed E-state index contributed by atoms with van der Waals surface area (Å²) in [5.74, 6) is 0. The van der Waals surface area contributed by atoms with E-state index in [2.05, 4.69) is 6.08 Å². The molecule has 9 heteroatoms. The number of allylic oxidation sites excluding steroid dienone is 3.